The zero-order valence-corrected chi connectivity index (χ0v) is 22.3. The number of amidine groups is 1. The number of halogens is 1. The smallest absolute Gasteiger partial charge is 0.338 e. The van der Waals surface area contributed by atoms with Crippen molar-refractivity contribution < 1.29 is 27.5 Å². The van der Waals surface area contributed by atoms with E-state index < -0.39 is 33.3 Å². The van der Waals surface area contributed by atoms with Crippen molar-refractivity contribution in [3.63, 3.8) is 0 Å². The Labute approximate surface area is 212 Å². The third kappa shape index (κ3) is 10.2. The number of aliphatic imine (C=N–C) groups is 1. The molecule has 0 unspecified atom stereocenters. The van der Waals surface area contributed by atoms with Crippen LogP contribution in [0.1, 0.15) is 85.2 Å². The van der Waals surface area contributed by atoms with E-state index in [2.05, 4.69) is 30.5 Å². The summed E-state index contributed by atoms with van der Waals surface area (Å²) in [4.78, 5) is 26.9. The van der Waals surface area contributed by atoms with Gasteiger partial charge in [0.15, 0.2) is 0 Å². The molecule has 0 saturated heterocycles. The topological polar surface area (TPSA) is 139 Å². The minimum absolute atomic E-state index is 0.0369. The summed E-state index contributed by atoms with van der Waals surface area (Å²) in [5.74, 6) is -2.75. The molecule has 198 valence electrons. The van der Waals surface area contributed by atoms with Gasteiger partial charge in [-0.25, -0.2) is 17.6 Å². The Balaban J connectivity index is 0.000000697. The van der Waals surface area contributed by atoms with Crippen LogP contribution in [0.4, 0.5) is 10.1 Å². The minimum atomic E-state index is -3.53. The van der Waals surface area contributed by atoms with Crippen molar-refractivity contribution in [1.29, 1.82) is 0 Å². The van der Waals surface area contributed by atoms with Gasteiger partial charge in [0.05, 0.1) is 17.0 Å². The summed E-state index contributed by atoms with van der Waals surface area (Å²) in [6.45, 7) is 9.98. The first-order chi connectivity index (χ1) is 16.8. The number of benzene rings is 2. The number of unbranched alkanes of at least 4 members (excludes halogenated alkanes) is 2. The van der Waals surface area contributed by atoms with Gasteiger partial charge in [0.2, 0.25) is 10.0 Å². The molecule has 10 heteroatoms. The summed E-state index contributed by atoms with van der Waals surface area (Å²) in [6, 6.07) is 7.44. The maximum absolute atomic E-state index is 13.8. The highest BCUT2D eigenvalue weighted by atomic mass is 32.2. The Morgan fingerprint density at radius 2 is 1.72 bits per heavy atom. The normalized spacial score (nSPS) is 11.6. The van der Waals surface area contributed by atoms with Gasteiger partial charge in [-0.05, 0) is 49.6 Å². The third-order valence-corrected chi connectivity index (χ3v) is 6.52. The van der Waals surface area contributed by atoms with Crippen molar-refractivity contribution in [2.24, 2.45) is 16.6 Å². The molecule has 8 nitrogen and oxygen atoms in total. The van der Waals surface area contributed by atoms with E-state index in [1.165, 1.54) is 50.8 Å². The molecule has 0 aromatic heterocycles. The predicted octanol–water partition coefficient (Wildman–Crippen LogP) is 5.36. The highest BCUT2D eigenvalue weighted by Crippen LogP contribution is 2.19. The first-order valence-electron chi connectivity index (χ1n) is 11.8. The number of anilines is 1. The van der Waals surface area contributed by atoms with Crippen molar-refractivity contribution in [1.82, 2.24) is 0 Å². The fourth-order valence-electron chi connectivity index (χ4n) is 2.99. The number of nitrogens with one attached hydrogen (secondary N) is 1. The summed E-state index contributed by atoms with van der Waals surface area (Å²) in [6.07, 6.45) is 5.60. The molecule has 1 amide bonds. The molecule has 0 heterocycles. The molecule has 36 heavy (non-hydrogen) atoms. The number of rotatable bonds is 10. The van der Waals surface area contributed by atoms with E-state index in [0.717, 1.165) is 18.1 Å². The van der Waals surface area contributed by atoms with Gasteiger partial charge in [-0.15, -0.1) is 0 Å². The molecule has 0 radical (unpaired) electrons. The van der Waals surface area contributed by atoms with Crippen LogP contribution in [-0.4, -0.2) is 37.0 Å². The summed E-state index contributed by atoms with van der Waals surface area (Å²) < 4.78 is 39.6. The molecule has 0 spiro atoms. The summed E-state index contributed by atoms with van der Waals surface area (Å²) in [5, 5.41) is 8.83. The lowest BCUT2D eigenvalue weighted by atomic mass is 10.1. The van der Waals surface area contributed by atoms with Crippen LogP contribution < -0.4 is 10.5 Å². The summed E-state index contributed by atoms with van der Waals surface area (Å²) >= 11 is 0. The van der Waals surface area contributed by atoms with E-state index in [9.17, 15) is 22.4 Å². The van der Waals surface area contributed by atoms with Gasteiger partial charge in [-0.2, -0.15) is 4.99 Å². The number of sulfonamides is 1. The van der Waals surface area contributed by atoms with E-state index in [-0.39, 0.29) is 28.4 Å². The van der Waals surface area contributed by atoms with E-state index in [1.807, 2.05) is 0 Å². The number of hydrogen-bond acceptors (Lipinski definition) is 4. The summed E-state index contributed by atoms with van der Waals surface area (Å²) in [7, 11) is -3.53. The second kappa shape index (κ2) is 14.3. The van der Waals surface area contributed by atoms with Crippen LogP contribution in [0.15, 0.2) is 41.4 Å². The predicted molar refractivity (Wildman–Crippen MR) is 142 cm³/mol. The minimum Gasteiger partial charge on any atom is -0.478 e. The lowest BCUT2D eigenvalue weighted by Gasteiger charge is -2.10. The monoisotopic (exact) mass is 521 g/mol. The van der Waals surface area contributed by atoms with Crippen molar-refractivity contribution >= 4 is 33.4 Å². The second-order valence-corrected chi connectivity index (χ2v) is 10.7. The van der Waals surface area contributed by atoms with E-state index >= 15 is 0 Å². The molecular formula is C26H36FN3O5S. The number of amides is 1. The van der Waals surface area contributed by atoms with Crippen molar-refractivity contribution in [3.8, 4) is 0 Å². The van der Waals surface area contributed by atoms with Gasteiger partial charge >= 0.3 is 5.97 Å². The lowest BCUT2D eigenvalue weighted by molar-refractivity contribution is 0.0691. The molecule has 0 bridgehead atoms. The number of carbonyl (C=O) groups excluding carboxylic acids is 1. The first-order valence-corrected chi connectivity index (χ1v) is 13.5. The average molecular weight is 522 g/mol. The van der Waals surface area contributed by atoms with E-state index in [0.29, 0.717) is 5.56 Å². The van der Waals surface area contributed by atoms with Crippen LogP contribution in [0, 0.1) is 18.7 Å². The molecule has 4 N–H and O–H groups in total. The average Bonchev–Trinajstić information content (AvgIpc) is 2.80. The van der Waals surface area contributed by atoms with Gasteiger partial charge < -0.3 is 10.8 Å². The maximum Gasteiger partial charge on any atom is 0.338 e. The molecule has 0 aliphatic carbocycles. The number of aryl methyl sites for hydroxylation is 1. The molecule has 0 fully saturated rings. The van der Waals surface area contributed by atoms with E-state index in [1.54, 1.807) is 13.0 Å². The number of nitrogens with zero attached hydrogens (tertiary/aromatic N) is 1. The zero-order valence-electron chi connectivity index (χ0n) is 21.5. The lowest BCUT2D eigenvalue weighted by Crippen LogP contribution is -2.18. The van der Waals surface area contributed by atoms with Crippen LogP contribution in [0.3, 0.4) is 0 Å². The van der Waals surface area contributed by atoms with Crippen molar-refractivity contribution in [2.45, 2.75) is 60.3 Å². The highest BCUT2D eigenvalue weighted by Gasteiger charge is 2.15. The van der Waals surface area contributed by atoms with Gasteiger partial charge in [0.1, 0.15) is 11.7 Å². The Morgan fingerprint density at radius 3 is 2.25 bits per heavy atom. The Morgan fingerprint density at radius 1 is 1.08 bits per heavy atom. The van der Waals surface area contributed by atoms with Crippen LogP contribution in [0.5, 0.6) is 0 Å². The van der Waals surface area contributed by atoms with Crippen molar-refractivity contribution in [3.05, 3.63) is 64.5 Å². The Kier molecular flexibility index (Phi) is 12.2. The summed E-state index contributed by atoms with van der Waals surface area (Å²) in [5.41, 5.74) is 6.14. The Bertz CT molecular complexity index is 1190. The number of carbonyl (C=O) groups is 2. The largest absolute Gasteiger partial charge is 0.478 e. The fourth-order valence-corrected chi connectivity index (χ4v) is 3.69. The van der Waals surface area contributed by atoms with Crippen LogP contribution in [0.2, 0.25) is 0 Å². The molecule has 0 saturated carbocycles. The van der Waals surface area contributed by atoms with Gasteiger partial charge in [0, 0.05) is 11.1 Å². The van der Waals surface area contributed by atoms with Crippen LogP contribution in [-0.2, 0) is 10.0 Å². The molecule has 2 rings (SSSR count). The van der Waals surface area contributed by atoms with Crippen LogP contribution >= 0.6 is 0 Å². The molecule has 0 aliphatic rings. The van der Waals surface area contributed by atoms with Gasteiger partial charge in [-0.3, -0.25) is 9.52 Å². The highest BCUT2D eigenvalue weighted by molar-refractivity contribution is 7.92. The fraction of sp³-hybridized carbons (Fsp3) is 0.423. The quantitative estimate of drug-likeness (QED) is 0.218. The number of carboxylic acid groups (broad SMARTS) is 1. The maximum atomic E-state index is 13.8. The SMILES string of the molecule is CCCCCC(C)C.CCS(=O)(=O)Nc1cc(C(=O)N=C(N)c2ccc(C(=O)O)c(F)c2)ccc1C. The number of aromatic carboxylic acids is 1. The van der Waals surface area contributed by atoms with Gasteiger partial charge in [0.25, 0.3) is 5.91 Å². The third-order valence-electron chi connectivity index (χ3n) is 5.23. The molecular weight excluding hydrogens is 485 g/mol. The first kappa shape index (κ1) is 30.8. The number of nitrogens with two attached hydrogens (primary N) is 1. The molecule has 2 aromatic carbocycles. The number of carboxylic acids is 1. The molecule has 2 aromatic rings. The van der Waals surface area contributed by atoms with Gasteiger partial charge in [-0.1, -0.05) is 58.6 Å². The Hall–Kier alpha value is -3.27. The molecule has 0 aliphatic heterocycles. The van der Waals surface area contributed by atoms with E-state index in [4.69, 9.17) is 10.8 Å². The number of hydrogen-bond donors (Lipinski definition) is 3. The molecule has 0 atom stereocenters. The zero-order chi connectivity index (χ0) is 27.5. The second-order valence-electron chi connectivity index (χ2n) is 8.73. The van der Waals surface area contributed by atoms with Crippen molar-refractivity contribution in [2.75, 3.05) is 10.5 Å². The standard InChI is InChI=1S/C18H18FN3O5S.C8H18/c1-3-28(26,27)22-15-9-12(5-4-10(15)2)17(23)21-16(20)11-6-7-13(18(24)25)14(19)8-11;1-4-5-6-7-8(2)3/h4-9,22H,3H2,1-2H3,(H,24,25)(H2,20,21,23);8H,4-7H2,1-3H3. The van der Waals surface area contributed by atoms with Crippen LogP contribution in [0.25, 0.3) is 0 Å².